The summed E-state index contributed by atoms with van der Waals surface area (Å²) in [5.74, 6) is -0.751. The van der Waals surface area contributed by atoms with E-state index in [4.69, 9.17) is 11.6 Å². The van der Waals surface area contributed by atoms with Gasteiger partial charge in [0.15, 0.2) is 5.69 Å². The van der Waals surface area contributed by atoms with Crippen molar-refractivity contribution in [3.8, 4) is 0 Å². The van der Waals surface area contributed by atoms with E-state index in [1.165, 1.54) is 0 Å². The number of aromatic nitrogens is 4. The second-order valence-corrected chi connectivity index (χ2v) is 13.6. The van der Waals surface area contributed by atoms with Crippen molar-refractivity contribution in [2.45, 2.75) is 84.0 Å². The van der Waals surface area contributed by atoms with Gasteiger partial charge in [0, 0.05) is 30.1 Å². The molecule has 3 aliphatic carbocycles. The molecule has 0 radical (unpaired) electrons. The molecule has 3 aromatic rings. The number of fused-ring (bicyclic) bond motifs is 2. The van der Waals surface area contributed by atoms with Gasteiger partial charge in [0.2, 0.25) is 0 Å². The summed E-state index contributed by atoms with van der Waals surface area (Å²) in [5, 5.41) is 22.2. The number of benzene rings is 1. The van der Waals surface area contributed by atoms with E-state index in [0.717, 1.165) is 34.8 Å². The molecule has 0 aliphatic heterocycles. The topological polar surface area (TPSA) is 104 Å². The van der Waals surface area contributed by atoms with Gasteiger partial charge in [-0.25, -0.2) is 0 Å². The maximum Gasteiger partial charge on any atom is 0.433 e. The van der Waals surface area contributed by atoms with Gasteiger partial charge in [0.05, 0.1) is 33.8 Å². The lowest BCUT2D eigenvalue weighted by atomic mass is 9.74. The largest absolute Gasteiger partial charge is 0.481 e. The van der Waals surface area contributed by atoms with Crippen molar-refractivity contribution >= 4 is 34.4 Å². The van der Waals surface area contributed by atoms with E-state index in [2.05, 4.69) is 29.1 Å². The van der Waals surface area contributed by atoms with Gasteiger partial charge in [0.25, 0.3) is 5.91 Å². The van der Waals surface area contributed by atoms with E-state index in [9.17, 15) is 27.9 Å². The maximum absolute atomic E-state index is 14.6. The number of hydrogen-bond donors (Lipinski definition) is 2. The number of aromatic amines is 1. The minimum atomic E-state index is -4.81. The Labute approximate surface area is 246 Å². The molecule has 2 aromatic heterocycles. The van der Waals surface area contributed by atoms with Crippen LogP contribution < -0.4 is 0 Å². The van der Waals surface area contributed by atoms with Gasteiger partial charge in [-0.2, -0.15) is 23.4 Å². The fraction of sp³-hybridized carbons (Fsp3) is 0.600. The first-order chi connectivity index (χ1) is 19.7. The number of halogens is 4. The molecule has 3 atom stereocenters. The van der Waals surface area contributed by atoms with Crippen LogP contribution in [0.3, 0.4) is 0 Å². The molecule has 1 unspecified atom stereocenters. The third kappa shape index (κ3) is 4.77. The molecule has 226 valence electrons. The van der Waals surface area contributed by atoms with Crippen LogP contribution >= 0.6 is 11.6 Å². The van der Waals surface area contributed by atoms with E-state index in [1.807, 2.05) is 6.07 Å². The van der Waals surface area contributed by atoms with Crippen LogP contribution in [-0.4, -0.2) is 54.4 Å². The molecule has 3 fully saturated rings. The Kier molecular flexibility index (Phi) is 6.90. The highest BCUT2D eigenvalue weighted by Crippen LogP contribution is 2.67. The first-order valence-electron chi connectivity index (χ1n) is 14.5. The second kappa shape index (κ2) is 9.99. The minimum Gasteiger partial charge on any atom is -0.481 e. The number of H-pyrrole nitrogens is 1. The van der Waals surface area contributed by atoms with Crippen molar-refractivity contribution in [3.63, 3.8) is 0 Å². The van der Waals surface area contributed by atoms with E-state index in [-0.39, 0.29) is 43.7 Å². The monoisotopic (exact) mass is 605 g/mol. The molecule has 6 rings (SSSR count). The molecule has 0 spiro atoms. The lowest BCUT2D eigenvalue weighted by molar-refractivity contribution is -0.152. The molecule has 8 nitrogen and oxygen atoms in total. The quantitative estimate of drug-likeness (QED) is 0.310. The predicted molar refractivity (Wildman–Crippen MR) is 150 cm³/mol. The number of aliphatic carboxylic acids is 1. The summed E-state index contributed by atoms with van der Waals surface area (Å²) >= 11 is 6.43. The molecule has 1 amide bonds. The number of carbonyl (C=O) groups excluding carboxylic acids is 1. The van der Waals surface area contributed by atoms with E-state index >= 15 is 0 Å². The van der Waals surface area contributed by atoms with Gasteiger partial charge >= 0.3 is 12.1 Å². The van der Waals surface area contributed by atoms with Crippen LogP contribution in [0.25, 0.3) is 10.9 Å². The highest BCUT2D eigenvalue weighted by Gasteiger charge is 2.63. The van der Waals surface area contributed by atoms with Crippen molar-refractivity contribution in [1.29, 1.82) is 0 Å². The van der Waals surface area contributed by atoms with Crippen molar-refractivity contribution in [1.82, 2.24) is 24.9 Å². The Bertz CT molecular complexity index is 1520. The Morgan fingerprint density at radius 1 is 1.17 bits per heavy atom. The standard InChI is InChI=1S/C30H35ClF3N5O3/c1-28(2)19-13-17(14-20(19)28)38(12-9-23-24-21(31)5-4-6-22(24)36-37-23)26(40)18-15-35-39(25(18)30(32,33)34)16-7-10-29(3,11-8-16)27(41)42/h4-6,15-17,19-20H,7-14H2,1-3H3,(H,36,37)(H,41,42)/t16?,17?,19-,20+,29?. The highest BCUT2D eigenvalue weighted by molar-refractivity contribution is 6.35. The Balaban J connectivity index is 1.30. The van der Waals surface area contributed by atoms with Gasteiger partial charge < -0.3 is 10.0 Å². The van der Waals surface area contributed by atoms with E-state index < -0.39 is 40.8 Å². The summed E-state index contributed by atoms with van der Waals surface area (Å²) in [7, 11) is 0. The number of alkyl halides is 3. The number of rotatable bonds is 7. The number of carboxylic acid groups (broad SMARTS) is 1. The lowest BCUT2D eigenvalue weighted by Crippen LogP contribution is -2.42. The molecule has 1 aromatic carbocycles. The van der Waals surface area contributed by atoms with Gasteiger partial charge in [-0.15, -0.1) is 0 Å². The zero-order valence-electron chi connectivity index (χ0n) is 23.8. The summed E-state index contributed by atoms with van der Waals surface area (Å²) in [6, 6.07) is 4.56. The zero-order chi connectivity index (χ0) is 30.2. The zero-order valence-corrected chi connectivity index (χ0v) is 24.6. The summed E-state index contributed by atoms with van der Waals surface area (Å²) in [6.45, 7) is 6.23. The number of amides is 1. The Morgan fingerprint density at radius 3 is 2.45 bits per heavy atom. The van der Waals surface area contributed by atoms with Crippen LogP contribution in [0.15, 0.2) is 24.4 Å². The van der Waals surface area contributed by atoms with Crippen molar-refractivity contribution < 1.29 is 27.9 Å². The van der Waals surface area contributed by atoms with Crippen LogP contribution in [0.1, 0.15) is 87.1 Å². The van der Waals surface area contributed by atoms with Gasteiger partial charge in [0.1, 0.15) is 0 Å². The smallest absolute Gasteiger partial charge is 0.433 e. The van der Waals surface area contributed by atoms with Crippen LogP contribution in [0.4, 0.5) is 13.2 Å². The molecule has 12 heteroatoms. The number of nitrogens with zero attached hydrogens (tertiary/aromatic N) is 4. The van der Waals surface area contributed by atoms with Gasteiger partial charge in [-0.1, -0.05) is 31.5 Å². The molecule has 3 aliphatic rings. The number of carbonyl (C=O) groups is 2. The molecule has 2 N–H and O–H groups in total. The van der Waals surface area contributed by atoms with Crippen molar-refractivity contribution in [3.05, 3.63) is 46.4 Å². The van der Waals surface area contributed by atoms with Crippen molar-refractivity contribution in [2.75, 3.05) is 6.54 Å². The third-order valence-electron chi connectivity index (χ3n) is 10.5. The Hall–Kier alpha value is -3.08. The lowest BCUT2D eigenvalue weighted by Gasteiger charge is -2.35. The minimum absolute atomic E-state index is 0.180. The number of hydrogen-bond acceptors (Lipinski definition) is 4. The van der Waals surface area contributed by atoms with Crippen LogP contribution in [0.2, 0.25) is 5.02 Å². The van der Waals surface area contributed by atoms with Gasteiger partial charge in [-0.3, -0.25) is 19.4 Å². The molecule has 3 saturated carbocycles. The van der Waals surface area contributed by atoms with Gasteiger partial charge in [-0.05, 0) is 74.8 Å². The average molecular weight is 606 g/mol. The SMILES string of the molecule is CC1(C(=O)O)CCC(n2ncc(C(=O)N(CCc3[nH]nc4cccc(Cl)c34)C3C[C@@H]4[C@H](C3)C4(C)C)c2C(F)(F)F)CC1. The van der Waals surface area contributed by atoms with Crippen molar-refractivity contribution in [2.24, 2.45) is 22.7 Å². The maximum atomic E-state index is 14.6. The summed E-state index contributed by atoms with van der Waals surface area (Å²) in [6.07, 6.45) is -0.966. The number of nitrogens with one attached hydrogen (secondary N) is 1. The van der Waals surface area contributed by atoms with Crippen LogP contribution in [-0.2, 0) is 17.4 Å². The molecular formula is C30H35ClF3N5O3. The second-order valence-electron chi connectivity index (χ2n) is 13.2. The molecule has 0 bridgehead atoms. The fourth-order valence-electron chi connectivity index (χ4n) is 7.61. The number of carboxylic acids is 1. The van der Waals surface area contributed by atoms with Crippen LogP contribution in [0.5, 0.6) is 0 Å². The normalized spacial score (nSPS) is 28.5. The fourth-order valence-corrected chi connectivity index (χ4v) is 7.90. The van der Waals surface area contributed by atoms with E-state index in [1.54, 1.807) is 24.0 Å². The molecule has 0 saturated heterocycles. The Morgan fingerprint density at radius 2 is 1.83 bits per heavy atom. The molecule has 42 heavy (non-hydrogen) atoms. The summed E-state index contributed by atoms with van der Waals surface area (Å²) in [4.78, 5) is 27.4. The molecule has 2 heterocycles. The average Bonchev–Trinajstić information content (AvgIpc) is 3.48. The third-order valence-corrected chi connectivity index (χ3v) is 10.8. The first kappa shape index (κ1) is 29.0. The first-order valence-corrected chi connectivity index (χ1v) is 14.9. The molecular weight excluding hydrogens is 571 g/mol. The highest BCUT2D eigenvalue weighted by atomic mass is 35.5. The summed E-state index contributed by atoms with van der Waals surface area (Å²) in [5.41, 5.74) is -0.889. The summed E-state index contributed by atoms with van der Waals surface area (Å²) < 4.78 is 44.8. The van der Waals surface area contributed by atoms with Crippen LogP contribution in [0, 0.1) is 22.7 Å². The predicted octanol–water partition coefficient (Wildman–Crippen LogP) is 6.76. The van der Waals surface area contributed by atoms with E-state index in [0.29, 0.717) is 28.8 Å².